The van der Waals surface area contributed by atoms with Gasteiger partial charge in [0.15, 0.2) is 6.10 Å². The number of ether oxygens (including phenoxy) is 1. The van der Waals surface area contributed by atoms with Crippen LogP contribution in [-0.4, -0.2) is 36.9 Å². The van der Waals surface area contributed by atoms with Gasteiger partial charge in [0.1, 0.15) is 0 Å². The molecule has 19 heavy (non-hydrogen) atoms. The molecule has 6 nitrogen and oxygen atoms in total. The number of hydrogen-bond donors (Lipinski definition) is 3. The van der Waals surface area contributed by atoms with Gasteiger partial charge in [0.2, 0.25) is 0 Å². The Kier molecular flexibility index (Phi) is 5.78. The van der Waals surface area contributed by atoms with E-state index in [2.05, 4.69) is 26.6 Å². The van der Waals surface area contributed by atoms with Crippen LogP contribution in [-0.2, 0) is 9.53 Å². The molecular formula is C12H15BrN2O4. The average molecular weight is 331 g/mol. The Morgan fingerprint density at radius 2 is 2.16 bits per heavy atom. The molecule has 0 heterocycles. The summed E-state index contributed by atoms with van der Waals surface area (Å²) >= 11 is 3.36. The summed E-state index contributed by atoms with van der Waals surface area (Å²) in [6.07, 6.45) is -1.06. The summed E-state index contributed by atoms with van der Waals surface area (Å²) in [5.41, 5.74) is 1.54. The molecule has 1 aromatic carbocycles. The van der Waals surface area contributed by atoms with Crippen molar-refractivity contribution in [3.8, 4) is 0 Å². The molecule has 0 aliphatic carbocycles. The molecule has 0 bridgehead atoms. The minimum Gasteiger partial charge on any atom is -0.479 e. The number of methoxy groups -OCH3 is 1. The van der Waals surface area contributed by atoms with Crippen LogP contribution in [0.5, 0.6) is 0 Å². The number of amides is 2. The Bertz CT molecular complexity index is 479. The number of anilines is 1. The SMILES string of the molecule is COC(CNC(=O)Nc1cccc(Br)c1C)C(=O)O. The Morgan fingerprint density at radius 1 is 1.47 bits per heavy atom. The maximum absolute atomic E-state index is 11.6. The molecule has 0 fully saturated rings. The minimum atomic E-state index is -1.12. The maximum Gasteiger partial charge on any atom is 0.334 e. The Labute approximate surface area is 119 Å². The number of carboxylic acid groups (broad SMARTS) is 1. The quantitative estimate of drug-likeness (QED) is 0.770. The number of carbonyl (C=O) groups excluding carboxylic acids is 1. The van der Waals surface area contributed by atoms with Gasteiger partial charge in [-0.3, -0.25) is 0 Å². The van der Waals surface area contributed by atoms with E-state index in [4.69, 9.17) is 9.84 Å². The lowest BCUT2D eigenvalue weighted by atomic mass is 10.2. The second kappa shape index (κ2) is 7.10. The standard InChI is InChI=1S/C12H15BrN2O4/c1-7-8(13)4-3-5-9(7)15-12(18)14-6-10(19-2)11(16)17/h3-5,10H,6H2,1-2H3,(H,16,17)(H2,14,15,18). The number of nitrogens with one attached hydrogen (secondary N) is 2. The number of carboxylic acids is 1. The highest BCUT2D eigenvalue weighted by atomic mass is 79.9. The topological polar surface area (TPSA) is 87.7 Å². The maximum atomic E-state index is 11.6. The van der Waals surface area contributed by atoms with Gasteiger partial charge in [-0.25, -0.2) is 9.59 Å². The molecule has 7 heteroatoms. The molecule has 3 N–H and O–H groups in total. The van der Waals surface area contributed by atoms with E-state index >= 15 is 0 Å². The second-order valence-electron chi connectivity index (χ2n) is 3.81. The van der Waals surface area contributed by atoms with Crippen molar-refractivity contribution in [2.24, 2.45) is 0 Å². The highest BCUT2D eigenvalue weighted by Gasteiger charge is 2.17. The van der Waals surface area contributed by atoms with Crippen LogP contribution in [0.25, 0.3) is 0 Å². The molecule has 0 saturated carbocycles. The lowest BCUT2D eigenvalue weighted by molar-refractivity contribution is -0.147. The number of rotatable bonds is 5. The third-order valence-corrected chi connectivity index (χ3v) is 3.38. The van der Waals surface area contributed by atoms with Gasteiger partial charge >= 0.3 is 12.0 Å². The van der Waals surface area contributed by atoms with E-state index in [0.717, 1.165) is 10.0 Å². The van der Waals surface area contributed by atoms with Crippen LogP contribution in [0, 0.1) is 6.92 Å². The molecular weight excluding hydrogens is 316 g/mol. The van der Waals surface area contributed by atoms with Gasteiger partial charge in [-0.2, -0.15) is 0 Å². The van der Waals surface area contributed by atoms with E-state index < -0.39 is 18.1 Å². The van der Waals surface area contributed by atoms with Crippen molar-refractivity contribution >= 4 is 33.6 Å². The van der Waals surface area contributed by atoms with Gasteiger partial charge in [-0.1, -0.05) is 22.0 Å². The highest BCUT2D eigenvalue weighted by molar-refractivity contribution is 9.10. The van der Waals surface area contributed by atoms with Crippen molar-refractivity contribution in [3.63, 3.8) is 0 Å². The van der Waals surface area contributed by atoms with Gasteiger partial charge in [-0.15, -0.1) is 0 Å². The smallest absolute Gasteiger partial charge is 0.334 e. The van der Waals surface area contributed by atoms with Gasteiger partial charge in [0.25, 0.3) is 0 Å². The molecule has 0 aliphatic heterocycles. The molecule has 2 amide bonds. The van der Waals surface area contributed by atoms with Crippen molar-refractivity contribution in [1.82, 2.24) is 5.32 Å². The zero-order chi connectivity index (χ0) is 14.4. The van der Waals surface area contributed by atoms with E-state index in [1.54, 1.807) is 12.1 Å². The van der Waals surface area contributed by atoms with Crippen molar-refractivity contribution in [2.45, 2.75) is 13.0 Å². The lowest BCUT2D eigenvalue weighted by Crippen LogP contribution is -2.39. The first-order valence-electron chi connectivity index (χ1n) is 5.51. The molecule has 1 unspecified atom stereocenters. The van der Waals surface area contributed by atoms with Crippen LogP contribution in [0.3, 0.4) is 0 Å². The summed E-state index contributed by atoms with van der Waals surface area (Å²) in [4.78, 5) is 22.3. The molecule has 0 saturated heterocycles. The van der Waals surface area contributed by atoms with Crippen LogP contribution in [0.15, 0.2) is 22.7 Å². The predicted octanol–water partition coefficient (Wildman–Crippen LogP) is 1.98. The first-order chi connectivity index (χ1) is 8.95. The van der Waals surface area contributed by atoms with Crippen LogP contribution in [0.2, 0.25) is 0 Å². The van der Waals surface area contributed by atoms with E-state index in [0.29, 0.717) is 5.69 Å². The fourth-order valence-electron chi connectivity index (χ4n) is 1.37. The first kappa shape index (κ1) is 15.5. The summed E-state index contributed by atoms with van der Waals surface area (Å²) < 4.78 is 5.59. The number of benzene rings is 1. The van der Waals surface area contributed by atoms with Crippen LogP contribution >= 0.6 is 15.9 Å². The third-order valence-electron chi connectivity index (χ3n) is 2.52. The molecule has 1 aromatic rings. The van der Waals surface area contributed by atoms with E-state index in [-0.39, 0.29) is 6.54 Å². The Balaban J connectivity index is 2.56. The monoisotopic (exact) mass is 330 g/mol. The zero-order valence-corrected chi connectivity index (χ0v) is 12.2. The van der Waals surface area contributed by atoms with Crippen LogP contribution in [0.1, 0.15) is 5.56 Å². The number of carbonyl (C=O) groups is 2. The van der Waals surface area contributed by atoms with E-state index in [9.17, 15) is 9.59 Å². The Hall–Kier alpha value is -1.60. The molecule has 1 atom stereocenters. The second-order valence-corrected chi connectivity index (χ2v) is 4.66. The molecule has 0 aliphatic rings. The lowest BCUT2D eigenvalue weighted by Gasteiger charge is -2.13. The van der Waals surface area contributed by atoms with Gasteiger partial charge < -0.3 is 20.5 Å². The molecule has 104 valence electrons. The number of urea groups is 1. The van der Waals surface area contributed by atoms with Crippen LogP contribution < -0.4 is 10.6 Å². The van der Waals surface area contributed by atoms with Crippen LogP contribution in [0.4, 0.5) is 10.5 Å². The summed E-state index contributed by atoms with van der Waals surface area (Å²) in [6.45, 7) is 1.75. The molecule has 1 rings (SSSR count). The number of aliphatic carboxylic acids is 1. The highest BCUT2D eigenvalue weighted by Crippen LogP contribution is 2.23. The van der Waals surface area contributed by atoms with Gasteiger partial charge in [0.05, 0.1) is 6.54 Å². The van der Waals surface area contributed by atoms with Gasteiger partial charge in [-0.05, 0) is 24.6 Å². The molecule has 0 radical (unpaired) electrons. The summed E-state index contributed by atoms with van der Waals surface area (Å²) in [7, 11) is 1.27. The number of hydrogen-bond acceptors (Lipinski definition) is 3. The van der Waals surface area contributed by atoms with Crippen molar-refractivity contribution < 1.29 is 19.4 Å². The fraction of sp³-hybridized carbons (Fsp3) is 0.333. The summed E-state index contributed by atoms with van der Waals surface area (Å²) in [5.74, 6) is -1.12. The average Bonchev–Trinajstić information content (AvgIpc) is 2.35. The summed E-state index contributed by atoms with van der Waals surface area (Å²) in [5, 5.41) is 13.8. The third kappa shape index (κ3) is 4.53. The molecule has 0 spiro atoms. The Morgan fingerprint density at radius 3 is 2.74 bits per heavy atom. The zero-order valence-electron chi connectivity index (χ0n) is 10.6. The van der Waals surface area contributed by atoms with Crippen molar-refractivity contribution in [3.05, 3.63) is 28.2 Å². The predicted molar refractivity (Wildman–Crippen MR) is 74.3 cm³/mol. The largest absolute Gasteiger partial charge is 0.479 e. The minimum absolute atomic E-state index is 0.106. The molecule has 0 aromatic heterocycles. The normalized spacial score (nSPS) is 11.7. The first-order valence-corrected chi connectivity index (χ1v) is 6.30. The summed E-state index contributed by atoms with van der Waals surface area (Å²) in [6, 6.07) is 4.93. The van der Waals surface area contributed by atoms with E-state index in [1.165, 1.54) is 7.11 Å². The van der Waals surface area contributed by atoms with E-state index in [1.807, 2.05) is 13.0 Å². The fourth-order valence-corrected chi connectivity index (χ4v) is 1.73. The van der Waals surface area contributed by atoms with Gasteiger partial charge in [0, 0.05) is 17.3 Å². The van der Waals surface area contributed by atoms with Crippen molar-refractivity contribution in [2.75, 3.05) is 19.0 Å². The van der Waals surface area contributed by atoms with Crippen molar-refractivity contribution in [1.29, 1.82) is 0 Å². The number of halogens is 1.